The average Bonchev–Trinajstić information content (AvgIpc) is 3.53. The molecule has 0 N–H and O–H groups in total. The highest BCUT2D eigenvalue weighted by Gasteiger charge is 2.32. The third-order valence-electron chi connectivity index (χ3n) is 9.84. The zero-order valence-corrected chi connectivity index (χ0v) is 28.2. The predicted molar refractivity (Wildman–Crippen MR) is 213 cm³/mol. The molecule has 3 heteroatoms. The van der Waals surface area contributed by atoms with Gasteiger partial charge >= 0.3 is 0 Å². The van der Waals surface area contributed by atoms with Gasteiger partial charge in [-0.05, 0) is 79.4 Å². The quantitative estimate of drug-likeness (QED) is 0.161. The molecular formula is C48H33N3. The molecule has 0 unspecified atom stereocenters. The van der Waals surface area contributed by atoms with Crippen molar-refractivity contribution in [1.29, 1.82) is 0 Å². The molecule has 0 fully saturated rings. The second kappa shape index (κ2) is 12.6. The fourth-order valence-corrected chi connectivity index (χ4v) is 7.62. The molecule has 0 saturated carbocycles. The number of aromatic nitrogens is 3. The Labute approximate surface area is 298 Å². The molecule has 0 atom stereocenters. The van der Waals surface area contributed by atoms with Gasteiger partial charge in [-0.1, -0.05) is 170 Å². The Hall–Kier alpha value is -6.71. The molecule has 8 aromatic rings. The first-order valence-electron chi connectivity index (χ1n) is 17.3. The zero-order chi connectivity index (χ0) is 34.3. The third-order valence-corrected chi connectivity index (χ3v) is 9.84. The molecule has 1 aromatic heterocycles. The Morgan fingerprint density at radius 2 is 0.902 bits per heavy atom. The van der Waals surface area contributed by atoms with Crippen molar-refractivity contribution in [2.24, 2.45) is 0 Å². The first-order valence-corrected chi connectivity index (χ1v) is 17.3. The lowest BCUT2D eigenvalue weighted by atomic mass is 9.81. The van der Waals surface area contributed by atoms with Crippen LogP contribution in [0.25, 0.3) is 95.5 Å². The predicted octanol–water partition coefficient (Wildman–Crippen LogP) is 12.5. The second-order valence-electron chi connectivity index (χ2n) is 12.8. The highest BCUT2D eigenvalue weighted by molar-refractivity contribution is 6.24. The Morgan fingerprint density at radius 1 is 0.431 bits per heavy atom. The number of nitrogens with zero attached hydrogens (tertiary/aromatic N) is 3. The van der Waals surface area contributed by atoms with E-state index in [2.05, 4.69) is 135 Å². The van der Waals surface area contributed by atoms with Crippen LogP contribution >= 0.6 is 0 Å². The molecule has 3 nitrogen and oxygen atoms in total. The van der Waals surface area contributed by atoms with Crippen LogP contribution in [0.5, 0.6) is 0 Å². The van der Waals surface area contributed by atoms with Gasteiger partial charge in [0.2, 0.25) is 0 Å². The maximum Gasteiger partial charge on any atom is 0.164 e. The second-order valence-corrected chi connectivity index (χ2v) is 12.8. The van der Waals surface area contributed by atoms with E-state index >= 15 is 0 Å². The summed E-state index contributed by atoms with van der Waals surface area (Å²) < 4.78 is 0. The van der Waals surface area contributed by atoms with E-state index in [1.807, 2.05) is 48.6 Å². The summed E-state index contributed by atoms with van der Waals surface area (Å²) in [6.07, 6.45) is 6.12. The molecule has 0 spiro atoms. The van der Waals surface area contributed by atoms with Gasteiger partial charge in [-0.2, -0.15) is 0 Å². The van der Waals surface area contributed by atoms with E-state index < -0.39 is 0 Å². The number of hydrogen-bond acceptors (Lipinski definition) is 3. The van der Waals surface area contributed by atoms with Gasteiger partial charge in [0, 0.05) is 16.7 Å². The summed E-state index contributed by atoms with van der Waals surface area (Å²) >= 11 is 0. The number of hydrogen-bond donors (Lipinski definition) is 0. The maximum absolute atomic E-state index is 5.13. The minimum atomic E-state index is 0.651. The Morgan fingerprint density at radius 3 is 1.47 bits per heavy atom. The van der Waals surface area contributed by atoms with Crippen LogP contribution in [-0.4, -0.2) is 15.0 Å². The molecule has 9 rings (SSSR count). The van der Waals surface area contributed by atoms with Crippen LogP contribution in [0.1, 0.15) is 11.1 Å². The number of fused-ring (bicyclic) bond motifs is 3. The highest BCUT2D eigenvalue weighted by Crippen LogP contribution is 2.58. The molecule has 0 bridgehead atoms. The van der Waals surface area contributed by atoms with Crippen molar-refractivity contribution < 1.29 is 0 Å². The van der Waals surface area contributed by atoms with Crippen LogP contribution in [0.4, 0.5) is 0 Å². The van der Waals surface area contributed by atoms with Crippen LogP contribution < -0.4 is 0 Å². The van der Waals surface area contributed by atoms with Crippen molar-refractivity contribution in [2.45, 2.75) is 6.92 Å². The van der Waals surface area contributed by atoms with E-state index in [0.29, 0.717) is 17.5 Å². The molecular weight excluding hydrogens is 619 g/mol. The summed E-state index contributed by atoms with van der Waals surface area (Å²) in [5.41, 5.74) is 15.1. The van der Waals surface area contributed by atoms with E-state index in [-0.39, 0.29) is 0 Å². The topological polar surface area (TPSA) is 38.7 Å². The molecule has 240 valence electrons. The van der Waals surface area contributed by atoms with Gasteiger partial charge in [0.15, 0.2) is 17.5 Å². The largest absolute Gasteiger partial charge is 0.208 e. The van der Waals surface area contributed by atoms with Crippen molar-refractivity contribution in [3.8, 4) is 78.7 Å². The first-order chi connectivity index (χ1) is 25.2. The lowest BCUT2D eigenvalue weighted by Crippen LogP contribution is -2.00. The maximum atomic E-state index is 5.13. The standard InChI is InChI=1S/C48H33N3/c1-3-4-26-36-31(2)41(32-18-9-5-10-19-32)44-39-28-17-27-37-38(29-30-40(43(37)39)45(44)42(36)33-20-11-6-12-21-33)48-50-46(34-22-13-7-14-23-34)49-47(51-48)35-24-15-8-16-25-35/h3-30H,1H2,2H3/b26-4-. The van der Waals surface area contributed by atoms with Crippen LogP contribution in [-0.2, 0) is 0 Å². The van der Waals surface area contributed by atoms with Gasteiger partial charge < -0.3 is 0 Å². The van der Waals surface area contributed by atoms with Crippen molar-refractivity contribution in [1.82, 2.24) is 15.0 Å². The van der Waals surface area contributed by atoms with E-state index in [1.54, 1.807) is 0 Å². The fourth-order valence-electron chi connectivity index (χ4n) is 7.62. The Balaban J connectivity index is 1.37. The van der Waals surface area contributed by atoms with Crippen LogP contribution in [0.15, 0.2) is 170 Å². The van der Waals surface area contributed by atoms with E-state index in [9.17, 15) is 0 Å². The summed E-state index contributed by atoms with van der Waals surface area (Å²) in [7, 11) is 0. The Kier molecular flexibility index (Phi) is 7.52. The average molecular weight is 652 g/mol. The van der Waals surface area contributed by atoms with Crippen LogP contribution in [0.3, 0.4) is 0 Å². The normalized spacial score (nSPS) is 11.6. The lowest BCUT2D eigenvalue weighted by molar-refractivity contribution is 1.08. The van der Waals surface area contributed by atoms with Gasteiger partial charge in [-0.25, -0.2) is 15.0 Å². The van der Waals surface area contributed by atoms with Crippen molar-refractivity contribution in [2.75, 3.05) is 0 Å². The molecule has 1 aliphatic rings. The SMILES string of the molecule is C=C/C=C\c1c(C)c(-c2ccccc2)c2c(c1-c1ccccc1)-c1ccc(-c3nc(-c4ccccc4)nc(-c4ccccc4)n3)c3cccc-2c13. The van der Waals surface area contributed by atoms with Gasteiger partial charge in [0.05, 0.1) is 0 Å². The summed E-state index contributed by atoms with van der Waals surface area (Å²) in [5, 5.41) is 2.33. The molecule has 7 aromatic carbocycles. The van der Waals surface area contributed by atoms with Gasteiger partial charge in [-0.15, -0.1) is 0 Å². The lowest BCUT2D eigenvalue weighted by Gasteiger charge is -2.22. The smallest absolute Gasteiger partial charge is 0.164 e. The van der Waals surface area contributed by atoms with Crippen molar-refractivity contribution >= 4 is 16.8 Å². The minimum absolute atomic E-state index is 0.651. The molecule has 0 aliphatic heterocycles. The van der Waals surface area contributed by atoms with Gasteiger partial charge in [0.25, 0.3) is 0 Å². The summed E-state index contributed by atoms with van der Waals surface area (Å²) in [6.45, 7) is 6.27. The number of allylic oxidation sites excluding steroid dienone is 2. The molecule has 0 saturated heterocycles. The number of rotatable bonds is 7. The van der Waals surface area contributed by atoms with Crippen molar-refractivity contribution in [3.63, 3.8) is 0 Å². The van der Waals surface area contributed by atoms with Crippen LogP contribution in [0, 0.1) is 6.92 Å². The molecule has 51 heavy (non-hydrogen) atoms. The third kappa shape index (κ3) is 5.10. The molecule has 0 radical (unpaired) electrons. The van der Waals surface area contributed by atoms with Crippen molar-refractivity contribution in [3.05, 3.63) is 182 Å². The molecule has 0 amide bonds. The summed E-state index contributed by atoms with van der Waals surface area (Å²) in [4.78, 5) is 15.2. The minimum Gasteiger partial charge on any atom is -0.208 e. The Bertz CT molecular complexity index is 2570. The highest BCUT2D eigenvalue weighted by atomic mass is 15.0. The first kappa shape index (κ1) is 30.4. The monoisotopic (exact) mass is 651 g/mol. The molecule has 1 aliphatic carbocycles. The van der Waals surface area contributed by atoms with Gasteiger partial charge in [0.1, 0.15) is 0 Å². The summed E-state index contributed by atoms with van der Waals surface area (Å²) in [5.74, 6) is 1.95. The van der Waals surface area contributed by atoms with E-state index in [1.165, 1.54) is 61.0 Å². The van der Waals surface area contributed by atoms with E-state index in [0.717, 1.165) is 22.1 Å². The van der Waals surface area contributed by atoms with E-state index in [4.69, 9.17) is 15.0 Å². The summed E-state index contributed by atoms with van der Waals surface area (Å²) in [6, 6.07) is 53.0. The molecule has 1 heterocycles. The zero-order valence-electron chi connectivity index (χ0n) is 28.2. The number of benzene rings is 7. The van der Waals surface area contributed by atoms with Gasteiger partial charge in [-0.3, -0.25) is 0 Å². The fraction of sp³-hybridized carbons (Fsp3) is 0.0208. The van der Waals surface area contributed by atoms with Crippen LogP contribution in [0.2, 0.25) is 0 Å².